The van der Waals surface area contributed by atoms with E-state index in [1.807, 2.05) is 0 Å². The molecule has 0 aromatic rings. The normalized spacial score (nSPS) is 38.8. The number of unbranched alkanes of at least 4 members (excludes halogenated alkanes) is 3. The van der Waals surface area contributed by atoms with Crippen molar-refractivity contribution in [1.29, 1.82) is 0 Å². The van der Waals surface area contributed by atoms with Crippen LogP contribution in [-0.2, 0) is 4.79 Å². The summed E-state index contributed by atoms with van der Waals surface area (Å²) >= 11 is 6.31. The van der Waals surface area contributed by atoms with Gasteiger partial charge in [-0.2, -0.15) is 0 Å². The molecule has 0 aromatic carbocycles. The van der Waals surface area contributed by atoms with Crippen LogP contribution in [0.3, 0.4) is 0 Å². The fourth-order valence-corrected chi connectivity index (χ4v) is 5.98. The first-order valence-electron chi connectivity index (χ1n) is 9.60. The average molecular weight is 326 g/mol. The Labute approximate surface area is 141 Å². The molecule has 3 heteroatoms. The van der Waals surface area contributed by atoms with Crippen molar-refractivity contribution in [3.05, 3.63) is 0 Å². The van der Waals surface area contributed by atoms with Crippen LogP contribution in [0.1, 0.15) is 84.0 Å². The minimum Gasteiger partial charge on any atom is -0.299 e. The van der Waals surface area contributed by atoms with Crippen LogP contribution in [0.4, 0.5) is 0 Å². The molecule has 1 saturated carbocycles. The highest BCUT2D eigenvalue weighted by molar-refractivity contribution is 6.18. The highest BCUT2D eigenvalue weighted by Crippen LogP contribution is 2.53. The van der Waals surface area contributed by atoms with Gasteiger partial charge in [0.25, 0.3) is 0 Å². The second-order valence-electron chi connectivity index (χ2n) is 7.83. The lowest BCUT2D eigenvalue weighted by Gasteiger charge is -2.55. The molecule has 0 aromatic heterocycles. The minimum absolute atomic E-state index is 0.197. The van der Waals surface area contributed by atoms with Crippen LogP contribution in [0.2, 0.25) is 0 Å². The third-order valence-electron chi connectivity index (χ3n) is 6.61. The molecule has 4 atom stereocenters. The van der Waals surface area contributed by atoms with Gasteiger partial charge in [0.05, 0.1) is 0 Å². The van der Waals surface area contributed by atoms with Crippen LogP contribution < -0.4 is 0 Å². The number of Topliss-reactive ketones (excluding diaryl/α,β-unsaturated/α-hetero) is 1. The van der Waals surface area contributed by atoms with E-state index in [-0.39, 0.29) is 5.54 Å². The largest absolute Gasteiger partial charge is 0.299 e. The van der Waals surface area contributed by atoms with Gasteiger partial charge < -0.3 is 0 Å². The van der Waals surface area contributed by atoms with Crippen molar-refractivity contribution in [2.24, 2.45) is 5.92 Å². The maximum Gasteiger partial charge on any atom is 0.139 e. The number of alkyl halides is 1. The molecule has 0 N–H and O–H groups in total. The summed E-state index contributed by atoms with van der Waals surface area (Å²) in [5, 5.41) is 0. The zero-order valence-electron chi connectivity index (χ0n) is 14.2. The standard InChI is InChI=1S/C19H32ClNO/c1-2-3-4-5-8-15-13-18(22)17-9-6-7-11-19(17)12-10-16(14-20)21(15)19/h15-17H,2-14H2,1H3. The zero-order valence-corrected chi connectivity index (χ0v) is 14.9. The summed E-state index contributed by atoms with van der Waals surface area (Å²) in [5.41, 5.74) is 0.197. The topological polar surface area (TPSA) is 20.3 Å². The Morgan fingerprint density at radius 1 is 1.14 bits per heavy atom. The number of carbonyl (C=O) groups is 1. The summed E-state index contributed by atoms with van der Waals surface area (Å²) < 4.78 is 0. The molecule has 3 rings (SSSR count). The predicted octanol–water partition coefficient (Wildman–Crippen LogP) is 4.93. The molecule has 4 unspecified atom stereocenters. The summed E-state index contributed by atoms with van der Waals surface area (Å²) in [6.07, 6.45) is 14.5. The fraction of sp³-hybridized carbons (Fsp3) is 0.947. The van der Waals surface area contributed by atoms with Crippen molar-refractivity contribution in [2.45, 2.75) is 102 Å². The Hall–Kier alpha value is -0.0800. The highest BCUT2D eigenvalue weighted by Gasteiger charge is 2.58. The third-order valence-corrected chi connectivity index (χ3v) is 6.96. The number of halogens is 1. The Morgan fingerprint density at radius 2 is 2.00 bits per heavy atom. The van der Waals surface area contributed by atoms with E-state index in [2.05, 4.69) is 11.8 Å². The minimum atomic E-state index is 0.197. The third kappa shape index (κ3) is 2.86. The maximum atomic E-state index is 12.8. The second kappa shape index (κ2) is 7.21. The highest BCUT2D eigenvalue weighted by atomic mass is 35.5. The van der Waals surface area contributed by atoms with Gasteiger partial charge in [-0.05, 0) is 32.1 Å². The van der Waals surface area contributed by atoms with Crippen molar-refractivity contribution in [3.63, 3.8) is 0 Å². The lowest BCUT2D eigenvalue weighted by Crippen LogP contribution is -2.64. The molecule has 3 aliphatic rings. The van der Waals surface area contributed by atoms with Crippen LogP contribution in [0.5, 0.6) is 0 Å². The molecule has 126 valence electrons. The monoisotopic (exact) mass is 325 g/mol. The van der Waals surface area contributed by atoms with E-state index in [0.717, 1.165) is 18.7 Å². The Morgan fingerprint density at radius 3 is 2.77 bits per heavy atom. The Bertz CT molecular complexity index is 399. The van der Waals surface area contributed by atoms with Gasteiger partial charge in [-0.15, -0.1) is 11.6 Å². The van der Waals surface area contributed by atoms with Crippen LogP contribution >= 0.6 is 11.6 Å². The van der Waals surface area contributed by atoms with E-state index in [1.54, 1.807) is 0 Å². The lowest BCUT2D eigenvalue weighted by atomic mass is 9.65. The molecule has 0 radical (unpaired) electrons. The predicted molar refractivity (Wildman–Crippen MR) is 92.4 cm³/mol. The van der Waals surface area contributed by atoms with Crippen LogP contribution in [0, 0.1) is 5.92 Å². The summed E-state index contributed by atoms with van der Waals surface area (Å²) in [7, 11) is 0. The molecule has 1 aliphatic carbocycles. The molecule has 22 heavy (non-hydrogen) atoms. The van der Waals surface area contributed by atoms with Crippen molar-refractivity contribution in [2.75, 3.05) is 5.88 Å². The van der Waals surface area contributed by atoms with Crippen LogP contribution in [0.15, 0.2) is 0 Å². The molecule has 2 aliphatic heterocycles. The van der Waals surface area contributed by atoms with Gasteiger partial charge in [0.2, 0.25) is 0 Å². The van der Waals surface area contributed by atoms with E-state index >= 15 is 0 Å². The second-order valence-corrected chi connectivity index (χ2v) is 8.14. The summed E-state index contributed by atoms with van der Waals surface area (Å²) in [5.74, 6) is 1.64. The van der Waals surface area contributed by atoms with Crippen molar-refractivity contribution in [1.82, 2.24) is 4.90 Å². The maximum absolute atomic E-state index is 12.8. The fourth-order valence-electron chi connectivity index (χ4n) is 5.67. The summed E-state index contributed by atoms with van der Waals surface area (Å²) in [6, 6.07) is 0.997. The van der Waals surface area contributed by atoms with Gasteiger partial charge in [0.1, 0.15) is 5.78 Å². The smallest absolute Gasteiger partial charge is 0.139 e. The number of nitrogens with zero attached hydrogens (tertiary/aromatic N) is 1. The SMILES string of the molecule is CCCCCCC1CC(=O)C2CCCCC23CCC(CCl)N13. The quantitative estimate of drug-likeness (QED) is 0.509. The lowest BCUT2D eigenvalue weighted by molar-refractivity contribution is -0.142. The van der Waals surface area contributed by atoms with E-state index in [4.69, 9.17) is 11.6 Å². The molecule has 0 amide bonds. The number of rotatable bonds is 6. The van der Waals surface area contributed by atoms with Gasteiger partial charge in [0, 0.05) is 35.8 Å². The van der Waals surface area contributed by atoms with Gasteiger partial charge in [-0.3, -0.25) is 9.69 Å². The number of hydrogen-bond donors (Lipinski definition) is 0. The average Bonchev–Trinajstić information content (AvgIpc) is 2.90. The first kappa shape index (κ1) is 16.8. The number of hydrogen-bond acceptors (Lipinski definition) is 2. The van der Waals surface area contributed by atoms with Crippen LogP contribution in [0.25, 0.3) is 0 Å². The summed E-state index contributed by atoms with van der Waals surface area (Å²) in [4.78, 5) is 15.6. The van der Waals surface area contributed by atoms with Gasteiger partial charge in [-0.1, -0.05) is 45.4 Å². The number of ketones is 1. The van der Waals surface area contributed by atoms with Gasteiger partial charge in [-0.25, -0.2) is 0 Å². The molecule has 2 heterocycles. The number of carbonyl (C=O) groups excluding carboxylic acids is 1. The molecular formula is C19H32ClNO. The Balaban J connectivity index is 1.77. The Kier molecular flexibility index (Phi) is 5.50. The molecule has 1 spiro atoms. The zero-order chi connectivity index (χ0) is 15.6. The van der Waals surface area contributed by atoms with E-state index in [9.17, 15) is 4.79 Å². The number of piperidine rings is 1. The molecule has 0 bridgehead atoms. The van der Waals surface area contributed by atoms with Gasteiger partial charge in [0.15, 0.2) is 0 Å². The van der Waals surface area contributed by atoms with Crippen molar-refractivity contribution < 1.29 is 4.79 Å². The van der Waals surface area contributed by atoms with E-state index in [0.29, 0.717) is 23.8 Å². The van der Waals surface area contributed by atoms with Crippen LogP contribution in [-0.4, -0.2) is 34.2 Å². The van der Waals surface area contributed by atoms with Crippen molar-refractivity contribution >= 4 is 17.4 Å². The van der Waals surface area contributed by atoms with Gasteiger partial charge >= 0.3 is 0 Å². The first-order valence-corrected chi connectivity index (χ1v) is 10.1. The molecule has 3 fully saturated rings. The van der Waals surface area contributed by atoms with E-state index < -0.39 is 0 Å². The summed E-state index contributed by atoms with van der Waals surface area (Å²) in [6.45, 7) is 2.26. The molecule has 2 saturated heterocycles. The van der Waals surface area contributed by atoms with Crippen molar-refractivity contribution in [3.8, 4) is 0 Å². The molecular weight excluding hydrogens is 294 g/mol. The first-order chi connectivity index (χ1) is 10.7. The van der Waals surface area contributed by atoms with E-state index in [1.165, 1.54) is 64.2 Å². The molecule has 2 nitrogen and oxygen atoms in total.